The summed E-state index contributed by atoms with van der Waals surface area (Å²) in [5, 5.41) is 2.94. The van der Waals surface area contributed by atoms with Crippen molar-refractivity contribution in [3.8, 4) is 0 Å². The van der Waals surface area contributed by atoms with Crippen LogP contribution < -0.4 is 11.1 Å². The smallest absolute Gasteiger partial charge is 0.237 e. The highest BCUT2D eigenvalue weighted by Crippen LogP contribution is 2.26. The van der Waals surface area contributed by atoms with Crippen molar-refractivity contribution < 1.29 is 4.79 Å². The zero-order valence-electron chi connectivity index (χ0n) is 10.3. The van der Waals surface area contributed by atoms with Gasteiger partial charge in [-0.05, 0) is 38.8 Å². The van der Waals surface area contributed by atoms with Crippen LogP contribution in [0, 0.1) is 13.8 Å². The zero-order chi connectivity index (χ0) is 12.3. The van der Waals surface area contributed by atoms with Crippen molar-refractivity contribution >= 4 is 17.2 Å². The summed E-state index contributed by atoms with van der Waals surface area (Å²) in [6.45, 7) is 8.06. The van der Waals surface area contributed by atoms with Crippen molar-refractivity contribution in [2.24, 2.45) is 5.73 Å². The fourth-order valence-corrected chi connectivity index (χ4v) is 2.69. The first kappa shape index (κ1) is 13.2. The molecule has 1 aromatic rings. The molecule has 0 aromatic carbocycles. The molecule has 0 fully saturated rings. The number of carbonyl (C=O) groups excluding carboxylic acids is 1. The highest BCUT2D eigenvalue weighted by atomic mass is 32.1. The molecule has 16 heavy (non-hydrogen) atoms. The lowest BCUT2D eigenvalue weighted by Crippen LogP contribution is -2.41. The molecule has 4 heteroatoms. The fourth-order valence-electron chi connectivity index (χ4n) is 1.66. The van der Waals surface area contributed by atoms with Gasteiger partial charge in [-0.15, -0.1) is 11.3 Å². The Kier molecular flexibility index (Phi) is 4.50. The van der Waals surface area contributed by atoms with Crippen molar-refractivity contribution in [3.05, 3.63) is 21.4 Å². The third-order valence-electron chi connectivity index (χ3n) is 2.68. The summed E-state index contributed by atoms with van der Waals surface area (Å²) in [5.74, 6) is -0.0711. The van der Waals surface area contributed by atoms with Crippen LogP contribution in [0.15, 0.2) is 6.07 Å². The Labute approximate surface area is 101 Å². The molecule has 1 amide bonds. The molecule has 1 rings (SSSR count). The van der Waals surface area contributed by atoms with E-state index in [-0.39, 0.29) is 11.9 Å². The molecule has 1 heterocycles. The molecule has 0 spiro atoms. The van der Waals surface area contributed by atoms with E-state index in [4.69, 9.17) is 5.73 Å². The standard InChI is InChI=1S/C12H20N2OS/c1-5-11(13)12(15)14-8(3)10-6-7(2)16-9(10)4/h6,8,11H,5,13H2,1-4H3,(H,14,15)/t8-,11-/m0/s1. The van der Waals surface area contributed by atoms with Gasteiger partial charge in [-0.1, -0.05) is 6.92 Å². The number of amides is 1. The highest BCUT2D eigenvalue weighted by molar-refractivity contribution is 7.12. The summed E-state index contributed by atoms with van der Waals surface area (Å²) in [5.41, 5.74) is 6.87. The zero-order valence-corrected chi connectivity index (χ0v) is 11.1. The summed E-state index contributed by atoms with van der Waals surface area (Å²) in [6.07, 6.45) is 0.667. The van der Waals surface area contributed by atoms with E-state index >= 15 is 0 Å². The van der Waals surface area contributed by atoms with Crippen LogP contribution in [0.1, 0.15) is 41.6 Å². The van der Waals surface area contributed by atoms with Gasteiger partial charge in [0.15, 0.2) is 0 Å². The molecule has 2 atom stereocenters. The number of hydrogen-bond acceptors (Lipinski definition) is 3. The van der Waals surface area contributed by atoms with E-state index in [9.17, 15) is 4.79 Å². The van der Waals surface area contributed by atoms with Crippen molar-refractivity contribution in [3.63, 3.8) is 0 Å². The normalized spacial score (nSPS) is 14.6. The second-order valence-corrected chi connectivity index (χ2v) is 5.57. The SMILES string of the molecule is CC[C@H](N)C(=O)N[C@@H](C)c1cc(C)sc1C. The molecule has 0 aliphatic rings. The molecule has 0 radical (unpaired) electrons. The van der Waals surface area contributed by atoms with Crippen molar-refractivity contribution in [1.29, 1.82) is 0 Å². The Bertz CT molecular complexity index is 373. The topological polar surface area (TPSA) is 55.1 Å². The molecule has 1 aromatic heterocycles. The minimum Gasteiger partial charge on any atom is -0.348 e. The van der Waals surface area contributed by atoms with Crippen LogP contribution in [0.4, 0.5) is 0 Å². The average Bonchev–Trinajstić information content (AvgIpc) is 2.56. The lowest BCUT2D eigenvalue weighted by molar-refractivity contribution is -0.123. The van der Waals surface area contributed by atoms with Crippen LogP contribution in [0.5, 0.6) is 0 Å². The summed E-state index contributed by atoms with van der Waals surface area (Å²) in [4.78, 5) is 14.2. The van der Waals surface area contributed by atoms with E-state index in [1.165, 1.54) is 15.3 Å². The largest absolute Gasteiger partial charge is 0.348 e. The molecule has 0 aliphatic heterocycles. The number of thiophene rings is 1. The number of nitrogens with two attached hydrogens (primary N) is 1. The Balaban J connectivity index is 2.69. The quantitative estimate of drug-likeness (QED) is 0.848. The molecule has 0 saturated carbocycles. The monoisotopic (exact) mass is 240 g/mol. The van der Waals surface area contributed by atoms with Crippen LogP contribution in [0.2, 0.25) is 0 Å². The van der Waals surface area contributed by atoms with E-state index in [0.29, 0.717) is 6.42 Å². The van der Waals surface area contributed by atoms with Gasteiger partial charge in [0, 0.05) is 9.75 Å². The van der Waals surface area contributed by atoms with Crippen LogP contribution in [0.25, 0.3) is 0 Å². The minimum atomic E-state index is -0.400. The first-order valence-corrected chi connectivity index (χ1v) is 6.40. The predicted molar refractivity (Wildman–Crippen MR) is 68.6 cm³/mol. The van der Waals surface area contributed by atoms with Crippen LogP contribution in [-0.2, 0) is 4.79 Å². The second-order valence-electron chi connectivity index (χ2n) is 4.11. The Hall–Kier alpha value is -0.870. The van der Waals surface area contributed by atoms with Gasteiger partial charge in [0.25, 0.3) is 0 Å². The van der Waals surface area contributed by atoms with Crippen molar-refractivity contribution in [2.75, 3.05) is 0 Å². The summed E-state index contributed by atoms with van der Waals surface area (Å²) in [6, 6.07) is 1.76. The predicted octanol–water partition coefficient (Wildman–Crippen LogP) is 2.28. The molecule has 3 N–H and O–H groups in total. The van der Waals surface area contributed by atoms with Gasteiger partial charge in [-0.25, -0.2) is 0 Å². The Morgan fingerprint density at radius 1 is 1.56 bits per heavy atom. The average molecular weight is 240 g/mol. The van der Waals surface area contributed by atoms with E-state index < -0.39 is 6.04 Å². The van der Waals surface area contributed by atoms with Crippen molar-refractivity contribution in [1.82, 2.24) is 5.32 Å². The van der Waals surface area contributed by atoms with Gasteiger partial charge in [0.05, 0.1) is 12.1 Å². The van der Waals surface area contributed by atoms with Gasteiger partial charge in [0.1, 0.15) is 0 Å². The fraction of sp³-hybridized carbons (Fsp3) is 0.583. The molecule has 0 aliphatic carbocycles. The molecule has 0 saturated heterocycles. The van der Waals surface area contributed by atoms with Crippen molar-refractivity contribution in [2.45, 2.75) is 46.2 Å². The van der Waals surface area contributed by atoms with Crippen LogP contribution in [0.3, 0.4) is 0 Å². The van der Waals surface area contributed by atoms with E-state index in [1.807, 2.05) is 13.8 Å². The third kappa shape index (κ3) is 3.06. The summed E-state index contributed by atoms with van der Waals surface area (Å²) >= 11 is 1.76. The lowest BCUT2D eigenvalue weighted by atomic mass is 10.1. The number of hydrogen-bond donors (Lipinski definition) is 2. The number of carbonyl (C=O) groups is 1. The number of rotatable bonds is 4. The van der Waals surface area contributed by atoms with E-state index in [2.05, 4.69) is 25.2 Å². The minimum absolute atomic E-state index is 0.0371. The number of aryl methyl sites for hydroxylation is 2. The molecule has 0 bridgehead atoms. The van der Waals surface area contributed by atoms with Crippen LogP contribution >= 0.6 is 11.3 Å². The van der Waals surface area contributed by atoms with Gasteiger partial charge in [0.2, 0.25) is 5.91 Å². The van der Waals surface area contributed by atoms with E-state index in [0.717, 1.165) is 0 Å². The van der Waals surface area contributed by atoms with Crippen LogP contribution in [-0.4, -0.2) is 11.9 Å². The van der Waals surface area contributed by atoms with Gasteiger partial charge < -0.3 is 11.1 Å². The number of nitrogens with one attached hydrogen (secondary N) is 1. The third-order valence-corrected chi connectivity index (χ3v) is 3.66. The Morgan fingerprint density at radius 2 is 2.19 bits per heavy atom. The maximum absolute atomic E-state index is 11.6. The van der Waals surface area contributed by atoms with E-state index in [1.54, 1.807) is 11.3 Å². The highest BCUT2D eigenvalue weighted by Gasteiger charge is 2.17. The summed E-state index contributed by atoms with van der Waals surface area (Å²) in [7, 11) is 0. The maximum Gasteiger partial charge on any atom is 0.237 e. The second kappa shape index (κ2) is 5.46. The first-order valence-electron chi connectivity index (χ1n) is 5.58. The maximum atomic E-state index is 11.6. The molecule has 90 valence electrons. The lowest BCUT2D eigenvalue weighted by Gasteiger charge is -2.16. The summed E-state index contributed by atoms with van der Waals surface area (Å²) < 4.78 is 0. The van der Waals surface area contributed by atoms with Gasteiger partial charge in [-0.2, -0.15) is 0 Å². The Morgan fingerprint density at radius 3 is 2.62 bits per heavy atom. The molecule has 3 nitrogen and oxygen atoms in total. The molecular formula is C12H20N2OS. The van der Waals surface area contributed by atoms with Gasteiger partial charge >= 0.3 is 0 Å². The first-order chi connectivity index (χ1) is 7.45. The molecular weight excluding hydrogens is 220 g/mol. The molecule has 0 unspecified atom stereocenters. The van der Waals surface area contributed by atoms with Gasteiger partial charge in [-0.3, -0.25) is 4.79 Å².